The average molecular weight is 845 g/mol. The maximum Gasteiger partial charge on any atom is 0.516 e. The molecular formula is C37H30ClF5N8O4S2. The summed E-state index contributed by atoms with van der Waals surface area (Å²) in [5, 5.41) is 11.9. The minimum absolute atomic E-state index is 0.0379. The molecular weight excluding hydrogens is 815 g/mol. The summed E-state index contributed by atoms with van der Waals surface area (Å²) in [7, 11) is -4.17. The highest BCUT2D eigenvalue weighted by molar-refractivity contribution is 7.90. The molecule has 1 aliphatic heterocycles. The molecule has 296 valence electrons. The summed E-state index contributed by atoms with van der Waals surface area (Å²) in [6, 6.07) is 8.34. The van der Waals surface area contributed by atoms with Crippen molar-refractivity contribution in [2.45, 2.75) is 62.7 Å². The number of hydrogen-bond donors (Lipinski definition) is 1. The summed E-state index contributed by atoms with van der Waals surface area (Å²) in [6.07, 6.45) is 3.82. The van der Waals surface area contributed by atoms with Gasteiger partial charge in [-0.1, -0.05) is 23.4 Å². The number of fused-ring (bicyclic) bond motifs is 2. The number of rotatable bonds is 7. The summed E-state index contributed by atoms with van der Waals surface area (Å²) in [5.41, 5.74) is -5.02. The van der Waals surface area contributed by atoms with Gasteiger partial charge in [-0.15, -0.1) is 11.3 Å². The Morgan fingerprint density at radius 2 is 1.88 bits per heavy atom. The van der Waals surface area contributed by atoms with Crippen LogP contribution in [0.5, 0.6) is 0 Å². The third-order valence-electron chi connectivity index (χ3n) is 10.2. The number of hydrogen-bond acceptors (Lipinski definition) is 11. The number of amides is 1. The van der Waals surface area contributed by atoms with Crippen LogP contribution in [0.15, 0.2) is 46.8 Å². The average Bonchev–Trinajstić information content (AvgIpc) is 3.59. The van der Waals surface area contributed by atoms with Crippen molar-refractivity contribution in [3.63, 3.8) is 0 Å². The molecule has 1 saturated carbocycles. The smallest absolute Gasteiger partial charge is 0.355 e. The van der Waals surface area contributed by atoms with Crippen LogP contribution in [0, 0.1) is 30.1 Å². The largest absolute Gasteiger partial charge is 0.516 e. The maximum absolute atomic E-state index is 14.0. The van der Waals surface area contributed by atoms with Crippen LogP contribution in [0.1, 0.15) is 53.0 Å². The number of anilines is 1. The molecule has 0 unspecified atom stereocenters. The number of alkyl halides is 5. The Hall–Kier alpha value is -5.21. The molecule has 0 radical (unpaired) electrons. The molecule has 1 aromatic carbocycles. The molecule has 4 aromatic heterocycles. The molecule has 0 bridgehead atoms. The highest BCUT2D eigenvalue weighted by Crippen LogP contribution is 2.42. The van der Waals surface area contributed by atoms with Crippen molar-refractivity contribution in [3.05, 3.63) is 79.9 Å². The molecule has 0 atom stereocenters. The van der Waals surface area contributed by atoms with E-state index in [2.05, 4.69) is 37.8 Å². The highest BCUT2D eigenvalue weighted by atomic mass is 35.5. The normalized spacial score (nSPS) is 16.5. The standard InChI is InChI=1S/C37H30ClF5N8O4S2/c1-20-47-29-18-46-33(49(2)23-8-12-50(13-9-23)24-15-36(39,40)16-24)27(17-44)30(29)35(53)51(20)11-3-4-21-5-6-22(38)14-26(21)25-7-10-45-31-28(19-56-32(25)31)34(52)48-57(54,55)37(41,42)43/h5-7,10,14,18-19,23-24H,8-9,11-13,15-16H2,1-2H3,(H,48,52). The van der Waals surface area contributed by atoms with E-state index in [1.54, 1.807) is 38.2 Å². The molecule has 2 fully saturated rings. The number of carbonyl (C=O) groups excluding carboxylic acids is 1. The summed E-state index contributed by atoms with van der Waals surface area (Å²) in [4.78, 5) is 43.8. The summed E-state index contributed by atoms with van der Waals surface area (Å²) in [6.45, 7) is 2.73. The Bertz CT molecular complexity index is 2720. The number of pyridine rings is 2. The van der Waals surface area contributed by atoms with Crippen LogP contribution in [-0.2, 0) is 16.6 Å². The van der Waals surface area contributed by atoms with Gasteiger partial charge in [0.25, 0.3) is 17.4 Å². The number of halogens is 6. The molecule has 1 amide bonds. The number of thiophene rings is 1. The quantitative estimate of drug-likeness (QED) is 0.147. The molecule has 1 N–H and O–H groups in total. The third kappa shape index (κ3) is 7.64. The summed E-state index contributed by atoms with van der Waals surface area (Å²) >= 11 is 7.30. The van der Waals surface area contributed by atoms with E-state index < -0.39 is 32.9 Å². The van der Waals surface area contributed by atoms with Crippen molar-refractivity contribution in [1.29, 1.82) is 5.26 Å². The number of aryl methyl sites for hydroxylation is 1. The topological polar surface area (TPSA) is 154 Å². The first-order valence-electron chi connectivity index (χ1n) is 17.3. The van der Waals surface area contributed by atoms with Gasteiger partial charge < -0.3 is 4.90 Å². The van der Waals surface area contributed by atoms with Gasteiger partial charge in [0, 0.05) is 78.4 Å². The number of sulfonamides is 1. The minimum Gasteiger partial charge on any atom is -0.355 e. The number of carbonyl (C=O) groups is 1. The van der Waals surface area contributed by atoms with Gasteiger partial charge in [-0.25, -0.2) is 23.5 Å². The molecule has 1 aliphatic carbocycles. The Morgan fingerprint density at radius 3 is 2.54 bits per heavy atom. The highest BCUT2D eigenvalue weighted by Gasteiger charge is 2.49. The van der Waals surface area contributed by atoms with E-state index >= 15 is 0 Å². The number of likely N-dealkylation sites (tertiary alicyclic amines) is 1. The summed E-state index contributed by atoms with van der Waals surface area (Å²) < 4.78 is 91.6. The number of benzene rings is 1. The lowest BCUT2D eigenvalue weighted by Gasteiger charge is -2.46. The second-order valence-electron chi connectivity index (χ2n) is 13.7. The van der Waals surface area contributed by atoms with E-state index in [4.69, 9.17) is 11.6 Å². The van der Waals surface area contributed by atoms with Gasteiger partial charge in [0.05, 0.1) is 39.4 Å². The fourth-order valence-corrected chi connectivity index (χ4v) is 8.85. The fourth-order valence-electron chi connectivity index (χ4n) is 7.17. The Kier molecular flexibility index (Phi) is 10.5. The van der Waals surface area contributed by atoms with E-state index in [-0.39, 0.29) is 59.0 Å². The van der Waals surface area contributed by atoms with Crippen LogP contribution in [0.4, 0.5) is 27.8 Å². The number of aromatic nitrogens is 4. The van der Waals surface area contributed by atoms with E-state index in [9.17, 15) is 45.2 Å². The second kappa shape index (κ2) is 14.9. The first kappa shape index (κ1) is 40.0. The Morgan fingerprint density at radius 1 is 1.16 bits per heavy atom. The van der Waals surface area contributed by atoms with Crippen molar-refractivity contribution >= 4 is 65.8 Å². The molecule has 5 heterocycles. The SMILES string of the molecule is Cc1nc2cnc(N(C)C3CCN(C4CC(F)(F)C4)CC3)c(C#N)c2c(=O)n1CC#Cc1ccc(Cl)cc1-c1ccnc2c(C(=O)NS(=O)(=O)C(F)(F)F)csc12. The van der Waals surface area contributed by atoms with Gasteiger partial charge in [0.15, 0.2) is 0 Å². The maximum atomic E-state index is 14.0. The second-order valence-corrected chi connectivity index (χ2v) is 16.7. The van der Waals surface area contributed by atoms with Crippen LogP contribution in [0.25, 0.3) is 32.2 Å². The lowest BCUT2D eigenvalue weighted by Crippen LogP contribution is -2.55. The van der Waals surface area contributed by atoms with Crippen LogP contribution in [-0.4, -0.2) is 82.4 Å². The monoisotopic (exact) mass is 844 g/mol. The van der Waals surface area contributed by atoms with E-state index in [0.29, 0.717) is 64.0 Å². The van der Waals surface area contributed by atoms with E-state index in [0.717, 1.165) is 16.1 Å². The predicted octanol–water partition coefficient (Wildman–Crippen LogP) is 6.23. The third-order valence-corrected chi connectivity index (χ3v) is 12.5. The van der Waals surface area contributed by atoms with Crippen LogP contribution in [0.2, 0.25) is 5.02 Å². The fraction of sp³-hybridized carbons (Fsp3) is 0.351. The lowest BCUT2D eigenvalue weighted by atomic mass is 9.85. The summed E-state index contributed by atoms with van der Waals surface area (Å²) in [5.74, 6) is 2.52. The van der Waals surface area contributed by atoms with Crippen LogP contribution in [0.3, 0.4) is 0 Å². The predicted molar refractivity (Wildman–Crippen MR) is 204 cm³/mol. The van der Waals surface area contributed by atoms with E-state index in [1.165, 1.54) is 22.3 Å². The number of piperidine rings is 1. The van der Waals surface area contributed by atoms with Crippen molar-refractivity contribution in [3.8, 4) is 29.0 Å². The zero-order valence-corrected chi connectivity index (χ0v) is 32.4. The first-order valence-corrected chi connectivity index (χ1v) is 20.1. The number of nitrogens with one attached hydrogen (secondary N) is 1. The van der Waals surface area contributed by atoms with Crippen molar-refractivity contribution in [2.24, 2.45) is 0 Å². The first-order chi connectivity index (χ1) is 26.9. The zero-order valence-electron chi connectivity index (χ0n) is 30.0. The van der Waals surface area contributed by atoms with Gasteiger partial charge in [-0.2, -0.15) is 26.9 Å². The Balaban J connectivity index is 1.17. The van der Waals surface area contributed by atoms with Gasteiger partial charge in [0.2, 0.25) is 0 Å². The Labute approximate surface area is 331 Å². The van der Waals surface area contributed by atoms with Crippen molar-refractivity contribution in [1.82, 2.24) is 29.1 Å². The van der Waals surface area contributed by atoms with Gasteiger partial charge in [0.1, 0.15) is 23.3 Å². The lowest BCUT2D eigenvalue weighted by molar-refractivity contribution is -0.127. The number of nitriles is 1. The van der Waals surface area contributed by atoms with Crippen LogP contribution >= 0.6 is 22.9 Å². The van der Waals surface area contributed by atoms with Crippen molar-refractivity contribution in [2.75, 3.05) is 25.0 Å². The molecule has 1 saturated heterocycles. The van der Waals surface area contributed by atoms with E-state index in [1.807, 2.05) is 4.90 Å². The van der Waals surface area contributed by atoms with Crippen molar-refractivity contribution < 1.29 is 35.2 Å². The molecule has 57 heavy (non-hydrogen) atoms. The molecule has 2 aliphatic rings. The van der Waals surface area contributed by atoms with Gasteiger partial charge in [-0.3, -0.25) is 24.0 Å². The molecule has 5 aromatic rings. The zero-order chi connectivity index (χ0) is 41.0. The molecule has 7 rings (SSSR count). The van der Waals surface area contributed by atoms with Gasteiger partial charge in [-0.05, 0) is 44.0 Å². The molecule has 20 heteroatoms. The number of nitrogens with zero attached hydrogens (tertiary/aromatic N) is 7. The molecule has 0 spiro atoms. The minimum atomic E-state index is -5.97. The molecule has 12 nitrogen and oxygen atoms in total. The van der Waals surface area contributed by atoms with Gasteiger partial charge >= 0.3 is 15.5 Å². The van der Waals surface area contributed by atoms with Crippen LogP contribution < -0.4 is 15.2 Å².